The van der Waals surface area contributed by atoms with Crippen LogP contribution in [0.1, 0.15) is 23.6 Å². The van der Waals surface area contributed by atoms with Crippen LogP contribution in [0.4, 0.5) is 4.79 Å². The van der Waals surface area contributed by atoms with E-state index >= 15 is 0 Å². The Morgan fingerprint density at radius 2 is 1.36 bits per heavy atom. The van der Waals surface area contributed by atoms with Gasteiger partial charge in [-0.25, -0.2) is 4.79 Å². The third-order valence-electron chi connectivity index (χ3n) is 4.47. The van der Waals surface area contributed by atoms with Crippen LogP contribution in [0.15, 0.2) is 103 Å². The lowest BCUT2D eigenvalue weighted by molar-refractivity contribution is -0.0169. The van der Waals surface area contributed by atoms with Gasteiger partial charge in [0.1, 0.15) is 6.61 Å². The maximum absolute atomic E-state index is 12.6. The molecule has 3 rings (SSSR count). The quantitative estimate of drug-likeness (QED) is 0.374. The van der Waals surface area contributed by atoms with Gasteiger partial charge >= 0.3 is 6.16 Å². The minimum atomic E-state index is -0.939. The smallest absolute Gasteiger partial charge is 0.429 e. The second kappa shape index (κ2) is 9.56. The van der Waals surface area contributed by atoms with Crippen LogP contribution in [-0.2, 0) is 28.1 Å². The zero-order valence-corrected chi connectivity index (χ0v) is 16.0. The number of carbonyl (C=O) groups excluding carboxylic acids is 1. The lowest BCUT2D eigenvalue weighted by Gasteiger charge is -2.31. The van der Waals surface area contributed by atoms with Crippen molar-refractivity contribution in [3.63, 3.8) is 0 Å². The van der Waals surface area contributed by atoms with Gasteiger partial charge in [-0.15, -0.1) is 0 Å². The van der Waals surface area contributed by atoms with E-state index in [4.69, 9.17) is 9.47 Å². The molecule has 0 saturated heterocycles. The lowest BCUT2D eigenvalue weighted by atomic mass is 9.86. The van der Waals surface area contributed by atoms with E-state index in [2.05, 4.69) is 0 Å². The van der Waals surface area contributed by atoms with E-state index in [1.807, 2.05) is 110 Å². The maximum atomic E-state index is 12.6. The largest absolute Gasteiger partial charge is 0.509 e. The molecule has 3 nitrogen and oxygen atoms in total. The van der Waals surface area contributed by atoms with Crippen molar-refractivity contribution in [2.45, 2.75) is 25.6 Å². The summed E-state index contributed by atoms with van der Waals surface area (Å²) in [6.07, 6.45) is 3.64. The van der Waals surface area contributed by atoms with Crippen molar-refractivity contribution < 1.29 is 14.3 Å². The van der Waals surface area contributed by atoms with Crippen molar-refractivity contribution in [2.24, 2.45) is 0 Å². The van der Waals surface area contributed by atoms with Crippen molar-refractivity contribution >= 4 is 6.16 Å². The van der Waals surface area contributed by atoms with Crippen molar-refractivity contribution in [3.8, 4) is 0 Å². The van der Waals surface area contributed by atoms with Gasteiger partial charge < -0.3 is 9.47 Å². The monoisotopic (exact) mass is 372 g/mol. The van der Waals surface area contributed by atoms with Crippen LogP contribution in [0.5, 0.6) is 0 Å². The molecule has 0 aromatic heterocycles. The third-order valence-corrected chi connectivity index (χ3v) is 4.47. The molecule has 1 atom stereocenters. The Morgan fingerprint density at radius 3 is 1.93 bits per heavy atom. The summed E-state index contributed by atoms with van der Waals surface area (Å²) in [4.78, 5) is 12.6. The van der Waals surface area contributed by atoms with E-state index < -0.39 is 11.8 Å². The first kappa shape index (κ1) is 19.4. The zero-order valence-electron chi connectivity index (χ0n) is 16.0. The highest BCUT2D eigenvalue weighted by atomic mass is 16.7. The molecule has 0 unspecified atom stereocenters. The van der Waals surface area contributed by atoms with Gasteiger partial charge in [0.15, 0.2) is 5.60 Å². The summed E-state index contributed by atoms with van der Waals surface area (Å²) in [7, 11) is 0. The Kier molecular flexibility index (Phi) is 6.64. The van der Waals surface area contributed by atoms with Crippen molar-refractivity contribution in [1.29, 1.82) is 0 Å². The number of rotatable bonds is 7. The molecule has 0 bridgehead atoms. The van der Waals surface area contributed by atoms with E-state index in [1.54, 1.807) is 0 Å². The fourth-order valence-corrected chi connectivity index (χ4v) is 3.17. The van der Waals surface area contributed by atoms with Gasteiger partial charge in [0.25, 0.3) is 0 Å². The van der Waals surface area contributed by atoms with Gasteiger partial charge in [-0.2, -0.15) is 0 Å². The number of ether oxygens (including phenoxy) is 2. The summed E-state index contributed by atoms with van der Waals surface area (Å²) in [6.45, 7) is 2.09. The number of carbonyl (C=O) groups is 1. The van der Waals surface area contributed by atoms with Crippen LogP contribution < -0.4 is 0 Å². The maximum Gasteiger partial charge on any atom is 0.509 e. The molecule has 0 spiro atoms. The molecule has 3 aromatic carbocycles. The first-order valence-corrected chi connectivity index (χ1v) is 9.35. The zero-order chi connectivity index (χ0) is 19.7. The van der Waals surface area contributed by atoms with Crippen molar-refractivity contribution in [3.05, 3.63) is 120 Å². The SMILES string of the molecule is C/C=C/[C@@](Cc1ccccc1)(OC(=O)OCc1ccccc1)c1ccccc1. The van der Waals surface area contributed by atoms with Gasteiger partial charge in [-0.3, -0.25) is 0 Å². The molecular formula is C25H24O3. The molecule has 0 fully saturated rings. The van der Waals surface area contributed by atoms with Crippen molar-refractivity contribution in [2.75, 3.05) is 0 Å². The molecular weight excluding hydrogens is 348 g/mol. The van der Waals surface area contributed by atoms with Crippen LogP contribution >= 0.6 is 0 Å². The molecule has 0 aliphatic carbocycles. The number of hydrogen-bond acceptors (Lipinski definition) is 3. The fourth-order valence-electron chi connectivity index (χ4n) is 3.17. The lowest BCUT2D eigenvalue weighted by Crippen LogP contribution is -2.33. The Balaban J connectivity index is 1.85. The van der Waals surface area contributed by atoms with E-state index in [1.165, 1.54) is 0 Å². The molecule has 0 aliphatic heterocycles. The molecule has 0 heterocycles. The Morgan fingerprint density at radius 1 is 0.821 bits per heavy atom. The second-order valence-electron chi connectivity index (χ2n) is 6.54. The molecule has 0 radical (unpaired) electrons. The molecule has 142 valence electrons. The standard InChI is InChI=1S/C25H24O3/c1-2-18-25(23-16-10-5-11-17-23,19-21-12-6-3-7-13-21)28-24(26)27-20-22-14-8-4-9-15-22/h2-18H,19-20H2,1H3/b18-2+/t25-/m0/s1. The molecule has 0 N–H and O–H groups in total. The fraction of sp³-hybridized carbons (Fsp3) is 0.160. The highest BCUT2D eigenvalue weighted by Crippen LogP contribution is 2.32. The van der Waals surface area contributed by atoms with Crippen molar-refractivity contribution in [1.82, 2.24) is 0 Å². The summed E-state index contributed by atoms with van der Waals surface area (Å²) in [6, 6.07) is 29.3. The van der Waals surface area contributed by atoms with Crippen LogP contribution in [0.3, 0.4) is 0 Å². The topological polar surface area (TPSA) is 35.5 Å². The first-order valence-electron chi connectivity index (χ1n) is 9.35. The number of benzene rings is 3. The third kappa shape index (κ3) is 5.10. The number of hydrogen-bond donors (Lipinski definition) is 0. The second-order valence-corrected chi connectivity index (χ2v) is 6.54. The molecule has 0 aliphatic rings. The molecule has 0 amide bonds. The van der Waals surface area contributed by atoms with Gasteiger partial charge in [0.2, 0.25) is 0 Å². The average Bonchev–Trinajstić information content (AvgIpc) is 2.74. The van der Waals surface area contributed by atoms with Gasteiger partial charge in [0.05, 0.1) is 0 Å². The van der Waals surface area contributed by atoms with Crippen LogP contribution in [0.2, 0.25) is 0 Å². The van der Waals surface area contributed by atoms with Crippen LogP contribution in [0.25, 0.3) is 0 Å². The normalized spacial score (nSPS) is 13.0. The number of allylic oxidation sites excluding steroid dienone is 1. The molecule has 3 aromatic rings. The van der Waals surface area contributed by atoms with E-state index in [9.17, 15) is 4.79 Å². The van der Waals surface area contributed by atoms with E-state index in [0.29, 0.717) is 6.42 Å². The predicted molar refractivity (Wildman–Crippen MR) is 111 cm³/mol. The highest BCUT2D eigenvalue weighted by Gasteiger charge is 2.34. The van der Waals surface area contributed by atoms with E-state index in [-0.39, 0.29) is 6.61 Å². The minimum Gasteiger partial charge on any atom is -0.429 e. The molecule has 0 saturated carbocycles. The summed E-state index contributed by atoms with van der Waals surface area (Å²) in [5, 5.41) is 0. The summed E-state index contributed by atoms with van der Waals surface area (Å²) >= 11 is 0. The first-order chi connectivity index (χ1) is 13.7. The summed E-state index contributed by atoms with van der Waals surface area (Å²) in [5.74, 6) is 0. The van der Waals surface area contributed by atoms with Gasteiger partial charge in [0, 0.05) is 6.42 Å². The van der Waals surface area contributed by atoms with Crippen LogP contribution in [0, 0.1) is 0 Å². The Bertz CT molecular complexity index is 889. The summed E-state index contributed by atoms with van der Waals surface area (Å²) in [5.41, 5.74) is 1.94. The van der Waals surface area contributed by atoms with E-state index in [0.717, 1.165) is 16.7 Å². The highest BCUT2D eigenvalue weighted by molar-refractivity contribution is 5.61. The van der Waals surface area contributed by atoms with Gasteiger partial charge in [-0.05, 0) is 29.7 Å². The van der Waals surface area contributed by atoms with Gasteiger partial charge in [-0.1, -0.05) is 97.1 Å². The summed E-state index contributed by atoms with van der Waals surface area (Å²) < 4.78 is 11.3. The predicted octanol–water partition coefficient (Wildman–Crippen LogP) is 6.05. The Hall–Kier alpha value is -3.33. The molecule has 3 heteroatoms. The Labute approximate surface area is 166 Å². The molecule has 28 heavy (non-hydrogen) atoms. The van der Waals surface area contributed by atoms with Crippen LogP contribution in [-0.4, -0.2) is 6.16 Å². The minimum absolute atomic E-state index is 0.172. The average molecular weight is 372 g/mol.